The Bertz CT molecular complexity index is 273. The second-order valence-corrected chi connectivity index (χ2v) is 2.36. The number of nitriles is 1. The first-order valence-corrected chi connectivity index (χ1v) is 3.72. The van der Waals surface area contributed by atoms with E-state index in [9.17, 15) is 0 Å². The summed E-state index contributed by atoms with van der Waals surface area (Å²) >= 11 is 0. The Kier molecular flexibility index (Phi) is 2.62. The van der Waals surface area contributed by atoms with Crippen LogP contribution in [0.3, 0.4) is 0 Å². The molecule has 1 heterocycles. The highest BCUT2D eigenvalue weighted by Gasteiger charge is 1.98. The third-order valence-electron chi connectivity index (χ3n) is 1.50. The highest BCUT2D eigenvalue weighted by Crippen LogP contribution is 2.05. The first-order valence-electron chi connectivity index (χ1n) is 3.72. The molecule has 0 amide bonds. The van der Waals surface area contributed by atoms with E-state index in [1.54, 1.807) is 18.3 Å². The molecule has 2 heteroatoms. The normalized spacial score (nSPS) is 9.09. The lowest BCUT2D eigenvalue weighted by atomic mass is 10.1. The molecule has 0 fully saturated rings. The van der Waals surface area contributed by atoms with Crippen LogP contribution in [0.2, 0.25) is 0 Å². The van der Waals surface area contributed by atoms with Crippen LogP contribution in [0.5, 0.6) is 0 Å². The molecule has 0 saturated heterocycles. The second kappa shape index (κ2) is 3.72. The number of aryl methyl sites for hydroxylation is 1. The molecular weight excluding hydrogens is 136 g/mol. The molecule has 0 aliphatic heterocycles. The van der Waals surface area contributed by atoms with Gasteiger partial charge in [0.05, 0.1) is 11.3 Å². The van der Waals surface area contributed by atoms with E-state index >= 15 is 0 Å². The molecular formula is C9H10N2. The van der Waals surface area contributed by atoms with Gasteiger partial charge in [-0.3, -0.25) is 4.98 Å². The summed E-state index contributed by atoms with van der Waals surface area (Å²) in [6.45, 7) is 2.08. The quantitative estimate of drug-likeness (QED) is 0.639. The summed E-state index contributed by atoms with van der Waals surface area (Å²) in [5, 5.41) is 8.66. The summed E-state index contributed by atoms with van der Waals surface area (Å²) in [5.74, 6) is 0. The van der Waals surface area contributed by atoms with Crippen LogP contribution in [0.15, 0.2) is 18.3 Å². The number of nitrogens with zero attached hydrogens (tertiary/aromatic N) is 2. The van der Waals surface area contributed by atoms with Gasteiger partial charge in [-0.2, -0.15) is 5.26 Å². The molecule has 0 aliphatic rings. The Morgan fingerprint density at radius 1 is 1.64 bits per heavy atom. The minimum Gasteiger partial charge on any atom is -0.260 e. The molecule has 2 nitrogen and oxygen atoms in total. The van der Waals surface area contributed by atoms with Crippen LogP contribution in [-0.4, -0.2) is 4.98 Å². The van der Waals surface area contributed by atoms with Gasteiger partial charge in [0.1, 0.15) is 6.07 Å². The van der Waals surface area contributed by atoms with Gasteiger partial charge in [0.15, 0.2) is 0 Å². The summed E-state index contributed by atoms with van der Waals surface area (Å²) in [7, 11) is 0. The van der Waals surface area contributed by atoms with E-state index < -0.39 is 0 Å². The van der Waals surface area contributed by atoms with Crippen molar-refractivity contribution in [3.8, 4) is 6.07 Å². The van der Waals surface area contributed by atoms with Gasteiger partial charge in [-0.15, -0.1) is 0 Å². The van der Waals surface area contributed by atoms with Crippen molar-refractivity contribution >= 4 is 0 Å². The number of pyridine rings is 1. The van der Waals surface area contributed by atoms with E-state index in [1.165, 1.54) is 0 Å². The third-order valence-corrected chi connectivity index (χ3v) is 1.50. The SMILES string of the molecule is CCCc1ncccc1C#N. The van der Waals surface area contributed by atoms with Crippen LogP contribution in [0.4, 0.5) is 0 Å². The second-order valence-electron chi connectivity index (χ2n) is 2.36. The smallest absolute Gasteiger partial charge is 0.101 e. The molecule has 0 saturated carbocycles. The Labute approximate surface area is 66.5 Å². The lowest BCUT2D eigenvalue weighted by Gasteiger charge is -1.97. The summed E-state index contributed by atoms with van der Waals surface area (Å²) in [4.78, 5) is 4.12. The van der Waals surface area contributed by atoms with Crippen LogP contribution >= 0.6 is 0 Å². The molecule has 0 aliphatic carbocycles. The fourth-order valence-electron chi connectivity index (χ4n) is 0.976. The minimum atomic E-state index is 0.703. The molecule has 0 spiro atoms. The average Bonchev–Trinajstić information content (AvgIpc) is 2.06. The van der Waals surface area contributed by atoms with Crippen LogP contribution in [0.25, 0.3) is 0 Å². The summed E-state index contributed by atoms with van der Waals surface area (Å²) in [6, 6.07) is 5.71. The van der Waals surface area contributed by atoms with E-state index in [0.717, 1.165) is 18.5 Å². The third kappa shape index (κ3) is 1.78. The fourth-order valence-corrected chi connectivity index (χ4v) is 0.976. The van der Waals surface area contributed by atoms with Crippen LogP contribution in [-0.2, 0) is 6.42 Å². The molecule has 1 aromatic heterocycles. The topological polar surface area (TPSA) is 36.7 Å². The van der Waals surface area contributed by atoms with Crippen molar-refractivity contribution in [2.24, 2.45) is 0 Å². The van der Waals surface area contributed by atoms with E-state index in [-0.39, 0.29) is 0 Å². The standard InChI is InChI=1S/C9H10N2/c1-2-4-9-8(7-10)5-3-6-11-9/h3,5-6H,2,4H2,1H3. The van der Waals surface area contributed by atoms with Crippen LogP contribution < -0.4 is 0 Å². The maximum Gasteiger partial charge on any atom is 0.101 e. The van der Waals surface area contributed by atoms with E-state index in [4.69, 9.17) is 5.26 Å². The molecule has 0 atom stereocenters. The van der Waals surface area contributed by atoms with Crippen molar-refractivity contribution in [1.82, 2.24) is 4.98 Å². The van der Waals surface area contributed by atoms with Gasteiger partial charge in [-0.1, -0.05) is 13.3 Å². The van der Waals surface area contributed by atoms with E-state index in [2.05, 4.69) is 18.0 Å². The van der Waals surface area contributed by atoms with Gasteiger partial charge in [0, 0.05) is 6.20 Å². The first-order chi connectivity index (χ1) is 5.38. The molecule has 0 bridgehead atoms. The maximum atomic E-state index is 8.66. The van der Waals surface area contributed by atoms with Crippen LogP contribution in [0.1, 0.15) is 24.6 Å². The molecule has 0 radical (unpaired) electrons. The largest absolute Gasteiger partial charge is 0.260 e. The van der Waals surface area contributed by atoms with Crippen molar-refractivity contribution in [2.45, 2.75) is 19.8 Å². The Balaban J connectivity index is 2.95. The van der Waals surface area contributed by atoms with Gasteiger partial charge >= 0.3 is 0 Å². The zero-order chi connectivity index (χ0) is 8.10. The van der Waals surface area contributed by atoms with E-state index in [0.29, 0.717) is 5.56 Å². The lowest BCUT2D eigenvalue weighted by Crippen LogP contribution is -1.92. The Morgan fingerprint density at radius 3 is 3.09 bits per heavy atom. The molecule has 56 valence electrons. The Hall–Kier alpha value is -1.36. The number of aromatic nitrogens is 1. The van der Waals surface area contributed by atoms with Crippen molar-refractivity contribution < 1.29 is 0 Å². The highest BCUT2D eigenvalue weighted by atomic mass is 14.7. The van der Waals surface area contributed by atoms with Crippen molar-refractivity contribution in [3.05, 3.63) is 29.6 Å². The maximum absolute atomic E-state index is 8.66. The zero-order valence-corrected chi connectivity index (χ0v) is 6.54. The minimum absolute atomic E-state index is 0.703. The zero-order valence-electron chi connectivity index (χ0n) is 6.54. The molecule has 0 unspecified atom stereocenters. The van der Waals surface area contributed by atoms with Crippen molar-refractivity contribution in [2.75, 3.05) is 0 Å². The monoisotopic (exact) mass is 146 g/mol. The van der Waals surface area contributed by atoms with E-state index in [1.807, 2.05) is 0 Å². The van der Waals surface area contributed by atoms with Gasteiger partial charge in [0.2, 0.25) is 0 Å². The molecule has 11 heavy (non-hydrogen) atoms. The highest BCUT2D eigenvalue weighted by molar-refractivity contribution is 5.32. The van der Waals surface area contributed by atoms with Crippen LogP contribution in [0, 0.1) is 11.3 Å². The predicted molar refractivity (Wildman–Crippen MR) is 42.9 cm³/mol. The van der Waals surface area contributed by atoms with Gasteiger partial charge in [0.25, 0.3) is 0 Å². The van der Waals surface area contributed by atoms with Gasteiger partial charge in [-0.05, 0) is 18.6 Å². The van der Waals surface area contributed by atoms with Crippen molar-refractivity contribution in [1.29, 1.82) is 5.26 Å². The van der Waals surface area contributed by atoms with Crippen molar-refractivity contribution in [3.63, 3.8) is 0 Å². The summed E-state index contributed by atoms with van der Waals surface area (Å²) in [6.07, 6.45) is 3.65. The molecule has 0 N–H and O–H groups in total. The first kappa shape index (κ1) is 7.74. The molecule has 1 rings (SSSR count). The average molecular weight is 146 g/mol. The van der Waals surface area contributed by atoms with Gasteiger partial charge < -0.3 is 0 Å². The molecule has 0 aromatic carbocycles. The summed E-state index contributed by atoms with van der Waals surface area (Å²) < 4.78 is 0. The number of rotatable bonds is 2. The number of hydrogen-bond donors (Lipinski definition) is 0. The predicted octanol–water partition coefficient (Wildman–Crippen LogP) is 1.91. The molecule has 1 aromatic rings. The Morgan fingerprint density at radius 2 is 2.45 bits per heavy atom. The lowest BCUT2D eigenvalue weighted by molar-refractivity contribution is 0.878. The fraction of sp³-hybridized carbons (Fsp3) is 0.333. The summed E-state index contributed by atoms with van der Waals surface area (Å²) in [5.41, 5.74) is 1.62. The number of hydrogen-bond acceptors (Lipinski definition) is 2. The van der Waals surface area contributed by atoms with Gasteiger partial charge in [-0.25, -0.2) is 0 Å².